The van der Waals surface area contributed by atoms with Crippen molar-refractivity contribution in [1.29, 1.82) is 0 Å². The normalized spacial score (nSPS) is 27.6. The highest BCUT2D eigenvalue weighted by molar-refractivity contribution is 5.88. The Bertz CT molecular complexity index is 248. The third-order valence-electron chi connectivity index (χ3n) is 1.93. The molecule has 1 saturated heterocycles. The van der Waals surface area contributed by atoms with Gasteiger partial charge in [0.15, 0.2) is 0 Å². The van der Waals surface area contributed by atoms with Gasteiger partial charge in [0.25, 0.3) is 0 Å². The lowest BCUT2D eigenvalue weighted by Crippen LogP contribution is -2.41. The van der Waals surface area contributed by atoms with Crippen molar-refractivity contribution in [1.82, 2.24) is 5.32 Å². The quantitative estimate of drug-likeness (QED) is 0.494. The number of aliphatic hydroxyl groups excluding tert-OH is 1. The minimum atomic E-state index is -0.589. The lowest BCUT2D eigenvalue weighted by molar-refractivity contribution is -0.117. The van der Waals surface area contributed by atoms with E-state index >= 15 is 0 Å². The van der Waals surface area contributed by atoms with Crippen LogP contribution in [0.25, 0.3) is 0 Å². The fourth-order valence-electron chi connectivity index (χ4n) is 1.17. The van der Waals surface area contributed by atoms with Crippen LogP contribution in [0.1, 0.15) is 6.92 Å². The molecular formula is C10H15NO3. The van der Waals surface area contributed by atoms with Crippen LogP contribution in [0.4, 0.5) is 0 Å². The molecule has 0 spiro atoms. The topological polar surface area (TPSA) is 58.6 Å². The first-order chi connectivity index (χ1) is 6.74. The van der Waals surface area contributed by atoms with Crippen LogP contribution in [-0.4, -0.2) is 36.4 Å². The molecule has 0 unspecified atom stereocenters. The van der Waals surface area contributed by atoms with Crippen molar-refractivity contribution in [3.63, 3.8) is 0 Å². The molecule has 0 aromatic heterocycles. The second-order valence-electron chi connectivity index (χ2n) is 3.10. The van der Waals surface area contributed by atoms with Gasteiger partial charge >= 0.3 is 0 Å². The monoisotopic (exact) mass is 197 g/mol. The molecule has 0 aromatic carbocycles. The van der Waals surface area contributed by atoms with Crippen LogP contribution < -0.4 is 5.32 Å². The van der Waals surface area contributed by atoms with Gasteiger partial charge in [-0.2, -0.15) is 0 Å². The molecule has 1 rings (SSSR count). The molecule has 0 aromatic rings. The second kappa shape index (κ2) is 5.57. The summed E-state index contributed by atoms with van der Waals surface area (Å²) in [5.74, 6) is -0.211. The summed E-state index contributed by atoms with van der Waals surface area (Å²) < 4.78 is 4.99. The number of carbonyl (C=O) groups is 1. The Kier molecular flexibility index (Phi) is 4.35. The molecule has 1 aliphatic rings. The number of ether oxygens (including phenoxy) is 1. The van der Waals surface area contributed by atoms with Crippen LogP contribution >= 0.6 is 0 Å². The second-order valence-corrected chi connectivity index (χ2v) is 3.10. The maximum Gasteiger partial charge on any atom is 0.244 e. The molecule has 0 saturated carbocycles. The Morgan fingerprint density at radius 3 is 2.86 bits per heavy atom. The summed E-state index contributed by atoms with van der Waals surface area (Å²) >= 11 is 0. The highest BCUT2D eigenvalue weighted by atomic mass is 16.5. The van der Waals surface area contributed by atoms with Gasteiger partial charge in [0, 0.05) is 6.08 Å². The summed E-state index contributed by atoms with van der Waals surface area (Å²) in [6.07, 6.45) is 6.08. The number of allylic oxidation sites excluding steroid dienone is 3. The van der Waals surface area contributed by atoms with Crippen LogP contribution in [0, 0.1) is 0 Å². The molecule has 14 heavy (non-hydrogen) atoms. The fraction of sp³-hybridized carbons (Fsp3) is 0.500. The van der Waals surface area contributed by atoms with E-state index in [2.05, 4.69) is 5.32 Å². The summed E-state index contributed by atoms with van der Waals surface area (Å²) in [6.45, 7) is 2.55. The van der Waals surface area contributed by atoms with Crippen molar-refractivity contribution in [2.75, 3.05) is 13.2 Å². The molecule has 1 heterocycles. The summed E-state index contributed by atoms with van der Waals surface area (Å²) in [5, 5.41) is 12.0. The minimum absolute atomic E-state index is 0.211. The Morgan fingerprint density at radius 1 is 1.50 bits per heavy atom. The lowest BCUT2D eigenvalue weighted by Gasteiger charge is -2.12. The van der Waals surface area contributed by atoms with E-state index in [0.29, 0.717) is 13.2 Å². The molecule has 78 valence electrons. The van der Waals surface area contributed by atoms with E-state index in [0.717, 1.165) is 0 Å². The van der Waals surface area contributed by atoms with Crippen LogP contribution in [0.15, 0.2) is 24.3 Å². The number of amides is 1. The maximum atomic E-state index is 11.2. The van der Waals surface area contributed by atoms with Crippen LogP contribution in [0.5, 0.6) is 0 Å². The van der Waals surface area contributed by atoms with Gasteiger partial charge in [-0.3, -0.25) is 4.79 Å². The van der Waals surface area contributed by atoms with Crippen molar-refractivity contribution in [3.8, 4) is 0 Å². The summed E-state index contributed by atoms with van der Waals surface area (Å²) in [5.41, 5.74) is 0. The van der Waals surface area contributed by atoms with Gasteiger partial charge in [0.1, 0.15) is 0 Å². The Labute approximate surface area is 83.3 Å². The van der Waals surface area contributed by atoms with E-state index in [1.54, 1.807) is 12.2 Å². The first-order valence-electron chi connectivity index (χ1n) is 4.59. The number of rotatable bonds is 3. The van der Waals surface area contributed by atoms with Crippen molar-refractivity contribution in [3.05, 3.63) is 24.3 Å². The van der Waals surface area contributed by atoms with E-state index in [1.807, 2.05) is 13.0 Å². The lowest BCUT2D eigenvalue weighted by atomic mass is 10.2. The fourth-order valence-corrected chi connectivity index (χ4v) is 1.17. The van der Waals surface area contributed by atoms with E-state index in [4.69, 9.17) is 4.74 Å². The van der Waals surface area contributed by atoms with Gasteiger partial charge < -0.3 is 15.2 Å². The Balaban J connectivity index is 2.33. The highest BCUT2D eigenvalue weighted by Gasteiger charge is 2.26. The van der Waals surface area contributed by atoms with Crippen molar-refractivity contribution < 1.29 is 14.6 Å². The number of carbonyl (C=O) groups excluding carboxylic acids is 1. The van der Waals surface area contributed by atoms with E-state index < -0.39 is 6.10 Å². The molecule has 1 aliphatic heterocycles. The summed E-state index contributed by atoms with van der Waals surface area (Å²) in [7, 11) is 0. The van der Waals surface area contributed by atoms with Gasteiger partial charge in [-0.1, -0.05) is 18.2 Å². The van der Waals surface area contributed by atoms with E-state index in [-0.39, 0.29) is 11.9 Å². The molecule has 2 N–H and O–H groups in total. The Morgan fingerprint density at radius 2 is 2.29 bits per heavy atom. The van der Waals surface area contributed by atoms with Crippen molar-refractivity contribution in [2.45, 2.75) is 19.1 Å². The molecule has 1 amide bonds. The zero-order chi connectivity index (χ0) is 10.4. The first kappa shape index (κ1) is 10.9. The zero-order valence-corrected chi connectivity index (χ0v) is 8.14. The van der Waals surface area contributed by atoms with Gasteiger partial charge in [-0.05, 0) is 6.92 Å². The average molecular weight is 197 g/mol. The number of hydrogen-bond acceptors (Lipinski definition) is 3. The predicted molar refractivity (Wildman–Crippen MR) is 52.7 cm³/mol. The number of aliphatic hydroxyl groups is 1. The standard InChI is InChI=1S/C10H15NO3/c1-2-3-4-5-10(13)11-8-6-14-7-9(8)12/h2-5,8-9,12H,6-7H2,1H3,(H,11,13)/b3-2+,5-4+/t8-,9-/m1/s1. The zero-order valence-electron chi connectivity index (χ0n) is 8.14. The largest absolute Gasteiger partial charge is 0.388 e. The molecule has 2 atom stereocenters. The number of nitrogens with one attached hydrogen (secondary N) is 1. The summed E-state index contributed by atoms with van der Waals surface area (Å²) in [6, 6.07) is -0.280. The van der Waals surface area contributed by atoms with Gasteiger partial charge in [0.2, 0.25) is 5.91 Å². The molecule has 4 heteroatoms. The molecule has 0 aliphatic carbocycles. The Hall–Kier alpha value is -1.13. The van der Waals surface area contributed by atoms with Crippen molar-refractivity contribution in [2.24, 2.45) is 0 Å². The van der Waals surface area contributed by atoms with Gasteiger partial charge in [-0.25, -0.2) is 0 Å². The van der Waals surface area contributed by atoms with Crippen LogP contribution in [-0.2, 0) is 9.53 Å². The first-order valence-corrected chi connectivity index (χ1v) is 4.59. The van der Waals surface area contributed by atoms with Crippen LogP contribution in [0.3, 0.4) is 0 Å². The summed E-state index contributed by atoms with van der Waals surface area (Å²) in [4.78, 5) is 11.2. The number of hydrogen-bond donors (Lipinski definition) is 2. The molecule has 1 fully saturated rings. The van der Waals surface area contributed by atoms with E-state index in [9.17, 15) is 9.90 Å². The van der Waals surface area contributed by atoms with Gasteiger partial charge in [0.05, 0.1) is 25.4 Å². The highest BCUT2D eigenvalue weighted by Crippen LogP contribution is 2.04. The SMILES string of the molecule is C/C=C/C=C/C(=O)N[C@@H]1COC[C@H]1O. The van der Waals surface area contributed by atoms with E-state index in [1.165, 1.54) is 6.08 Å². The molecule has 0 bridgehead atoms. The maximum absolute atomic E-state index is 11.2. The molecular weight excluding hydrogens is 182 g/mol. The predicted octanol–water partition coefficient (Wildman–Crippen LogP) is -0.00540. The third-order valence-corrected chi connectivity index (χ3v) is 1.93. The third kappa shape index (κ3) is 3.32. The average Bonchev–Trinajstić information content (AvgIpc) is 2.52. The minimum Gasteiger partial charge on any atom is -0.388 e. The molecule has 0 radical (unpaired) electrons. The smallest absolute Gasteiger partial charge is 0.244 e. The van der Waals surface area contributed by atoms with Crippen LogP contribution in [0.2, 0.25) is 0 Å². The molecule has 4 nitrogen and oxygen atoms in total. The van der Waals surface area contributed by atoms with Gasteiger partial charge in [-0.15, -0.1) is 0 Å². The van der Waals surface area contributed by atoms with Crippen molar-refractivity contribution >= 4 is 5.91 Å².